The van der Waals surface area contributed by atoms with E-state index in [4.69, 9.17) is 10.00 Å². The highest BCUT2D eigenvalue weighted by Gasteiger charge is 2.78. The Morgan fingerprint density at radius 3 is 1.44 bits per heavy atom. The fourth-order valence-corrected chi connectivity index (χ4v) is 4.13. The maximum Gasteiger partial charge on any atom is 0.439 e. The molecule has 0 radical (unpaired) electrons. The first-order chi connectivity index (χ1) is 22.2. The molecule has 2 unspecified atom stereocenters. The zero-order valence-corrected chi connectivity index (χ0v) is 23.8. The van der Waals surface area contributed by atoms with Gasteiger partial charge in [-0.2, -0.15) is 84.3 Å². The average molecular weight is 769 g/mol. The van der Waals surface area contributed by atoms with Crippen molar-refractivity contribution in [3.63, 3.8) is 0 Å². The molecule has 0 fully saturated rings. The molecule has 0 aliphatic carbocycles. The lowest BCUT2D eigenvalue weighted by Gasteiger charge is -2.33. The molecular weight excluding hydrogens is 754 g/mol. The van der Waals surface area contributed by atoms with E-state index in [9.17, 15) is 92.9 Å². The number of halogens is 20. The first-order valence-electron chi connectivity index (χ1n) is 12.8. The molecule has 50 heavy (non-hydrogen) atoms. The molecule has 1 N–H and O–H groups in total. The van der Waals surface area contributed by atoms with Gasteiger partial charge in [-0.3, -0.25) is 0 Å². The minimum absolute atomic E-state index is 0.188. The zero-order valence-electron chi connectivity index (χ0n) is 23.8. The van der Waals surface area contributed by atoms with E-state index in [1.54, 1.807) is 4.98 Å². The number of alkyl halides is 20. The van der Waals surface area contributed by atoms with Crippen molar-refractivity contribution in [3.8, 4) is 6.07 Å². The van der Waals surface area contributed by atoms with E-state index in [2.05, 4.69) is 4.98 Å². The summed E-state index contributed by atoms with van der Waals surface area (Å²) in [6, 6.07) is -0.737. The second kappa shape index (κ2) is 13.5. The van der Waals surface area contributed by atoms with Crippen LogP contribution in [0, 0.1) is 11.3 Å². The largest absolute Gasteiger partial charge is 0.439 e. The van der Waals surface area contributed by atoms with Gasteiger partial charge in [0, 0.05) is 13.0 Å². The van der Waals surface area contributed by atoms with E-state index in [-0.39, 0.29) is 18.6 Å². The van der Waals surface area contributed by atoms with Crippen LogP contribution >= 0.6 is 0 Å². The Morgan fingerprint density at radius 1 is 0.680 bits per heavy atom. The number of rotatable bonds is 9. The summed E-state index contributed by atoms with van der Waals surface area (Å²) >= 11 is 0. The Hall–Kier alpha value is -3.69. The SMILES string of the molecule is CCCOC(CC(O)c1cc(C(F)(C(F)(F)F)C(F)(F)F)nc(C(F)(C(F)(F)F)C(F)(F)F)n1)c1cc(C(F)(F)F)c(C#N)c(C(F)(F)F)c1. The van der Waals surface area contributed by atoms with E-state index < -0.39 is 119 Å². The van der Waals surface area contributed by atoms with E-state index in [1.165, 1.54) is 6.92 Å². The second-order valence-electron chi connectivity index (χ2n) is 10.0. The monoisotopic (exact) mass is 769 g/mol. The van der Waals surface area contributed by atoms with Crippen LogP contribution in [-0.4, -0.2) is 46.4 Å². The van der Waals surface area contributed by atoms with Crippen molar-refractivity contribution in [2.45, 2.75) is 80.4 Å². The fourth-order valence-electron chi connectivity index (χ4n) is 4.13. The van der Waals surface area contributed by atoms with Gasteiger partial charge < -0.3 is 9.84 Å². The van der Waals surface area contributed by atoms with Crippen molar-refractivity contribution < 1.29 is 97.7 Å². The third-order valence-corrected chi connectivity index (χ3v) is 6.53. The molecule has 1 heterocycles. The lowest BCUT2D eigenvalue weighted by atomic mass is 9.92. The minimum Gasteiger partial charge on any atom is -0.387 e. The number of hydrogen-bond acceptors (Lipinski definition) is 5. The standard InChI is InChI=1S/C25H15F20N3O2/c1-2-3-50-15(9-4-11(20(28,29)30)10(8-46)12(5-9)21(31,32)33)7-14(49)13-6-16(18(26,22(34,35)36)23(37,38)39)48-17(47-13)19(27,24(40,41)42)25(43,44)45/h4-6,14-15,49H,2-3,7H2,1H3. The topological polar surface area (TPSA) is 79.0 Å². The molecule has 0 saturated heterocycles. The summed E-state index contributed by atoms with van der Waals surface area (Å²) in [6.07, 6.45) is -48.6. The van der Waals surface area contributed by atoms with Gasteiger partial charge in [-0.05, 0) is 30.2 Å². The van der Waals surface area contributed by atoms with Crippen molar-refractivity contribution in [1.29, 1.82) is 5.26 Å². The number of aromatic nitrogens is 2. The number of hydrogen-bond donors (Lipinski definition) is 1. The third kappa shape index (κ3) is 7.94. The van der Waals surface area contributed by atoms with Crippen molar-refractivity contribution >= 4 is 0 Å². The van der Waals surface area contributed by atoms with Crippen LogP contribution in [0.5, 0.6) is 0 Å². The van der Waals surface area contributed by atoms with Gasteiger partial charge in [0.15, 0.2) is 5.82 Å². The normalized spacial score (nSPS) is 15.5. The molecule has 2 rings (SSSR count). The van der Waals surface area contributed by atoms with Crippen LogP contribution < -0.4 is 0 Å². The molecule has 1 aromatic carbocycles. The summed E-state index contributed by atoms with van der Waals surface area (Å²) in [7, 11) is 0. The van der Waals surface area contributed by atoms with Crippen LogP contribution in [0.2, 0.25) is 0 Å². The van der Waals surface area contributed by atoms with E-state index in [1.807, 2.05) is 0 Å². The van der Waals surface area contributed by atoms with E-state index >= 15 is 0 Å². The van der Waals surface area contributed by atoms with Crippen molar-refractivity contribution in [1.82, 2.24) is 9.97 Å². The molecule has 0 spiro atoms. The molecule has 282 valence electrons. The number of aliphatic hydroxyl groups excluding tert-OH is 1. The smallest absolute Gasteiger partial charge is 0.387 e. The average Bonchev–Trinajstić information content (AvgIpc) is 2.93. The molecule has 5 nitrogen and oxygen atoms in total. The van der Waals surface area contributed by atoms with Crippen molar-refractivity contribution in [3.05, 3.63) is 57.7 Å². The number of aliphatic hydroxyl groups is 1. The third-order valence-electron chi connectivity index (χ3n) is 6.53. The van der Waals surface area contributed by atoms with E-state index in [0.29, 0.717) is 6.07 Å². The summed E-state index contributed by atoms with van der Waals surface area (Å²) in [6.45, 7) is 0.521. The van der Waals surface area contributed by atoms with Crippen LogP contribution in [0.15, 0.2) is 18.2 Å². The number of benzene rings is 1. The Morgan fingerprint density at radius 2 is 1.10 bits per heavy atom. The molecular formula is C25H15F20N3O2. The molecule has 0 saturated carbocycles. The molecule has 0 aliphatic rings. The molecule has 2 atom stereocenters. The van der Waals surface area contributed by atoms with Crippen LogP contribution in [0.3, 0.4) is 0 Å². The van der Waals surface area contributed by atoms with E-state index in [0.717, 1.165) is 0 Å². The van der Waals surface area contributed by atoms with Gasteiger partial charge in [0.1, 0.15) is 11.8 Å². The molecule has 0 bridgehead atoms. The van der Waals surface area contributed by atoms with Gasteiger partial charge in [0.25, 0.3) is 0 Å². The van der Waals surface area contributed by atoms with Crippen LogP contribution in [0.1, 0.15) is 71.4 Å². The Balaban J connectivity index is 3.03. The molecule has 1 aromatic heterocycles. The van der Waals surface area contributed by atoms with Crippen molar-refractivity contribution in [2.75, 3.05) is 6.61 Å². The highest BCUT2D eigenvalue weighted by Crippen LogP contribution is 2.56. The van der Waals surface area contributed by atoms with Crippen LogP contribution in [0.4, 0.5) is 87.8 Å². The van der Waals surface area contributed by atoms with Gasteiger partial charge >= 0.3 is 48.4 Å². The summed E-state index contributed by atoms with van der Waals surface area (Å²) in [5.41, 5.74) is -27.8. The first kappa shape index (κ1) is 42.5. The number of nitriles is 1. The van der Waals surface area contributed by atoms with Gasteiger partial charge in [0.05, 0.1) is 34.6 Å². The van der Waals surface area contributed by atoms with Gasteiger partial charge in [-0.15, -0.1) is 0 Å². The summed E-state index contributed by atoms with van der Waals surface area (Å²) in [4.78, 5) is 3.89. The lowest BCUT2D eigenvalue weighted by molar-refractivity contribution is -0.354. The van der Waals surface area contributed by atoms with Crippen LogP contribution in [0.25, 0.3) is 0 Å². The predicted octanol–water partition coefficient (Wildman–Crippen LogP) is 9.56. The maximum absolute atomic E-state index is 14.8. The lowest BCUT2D eigenvalue weighted by Crippen LogP contribution is -2.54. The quantitative estimate of drug-likeness (QED) is 0.257. The highest BCUT2D eigenvalue weighted by molar-refractivity contribution is 5.50. The van der Waals surface area contributed by atoms with Crippen LogP contribution in [-0.2, 0) is 28.4 Å². The summed E-state index contributed by atoms with van der Waals surface area (Å²) in [5, 5.41) is 19.6. The Kier molecular flexibility index (Phi) is 11.4. The maximum atomic E-state index is 14.8. The van der Waals surface area contributed by atoms with Gasteiger partial charge in [-0.25, -0.2) is 18.7 Å². The molecule has 0 amide bonds. The molecule has 0 aliphatic heterocycles. The zero-order chi connectivity index (χ0) is 39.3. The Labute approximate surface area is 264 Å². The minimum atomic E-state index is -7.36. The second-order valence-corrected chi connectivity index (χ2v) is 10.0. The predicted molar refractivity (Wildman–Crippen MR) is 122 cm³/mol. The first-order valence-corrected chi connectivity index (χ1v) is 12.8. The van der Waals surface area contributed by atoms with Gasteiger partial charge in [-0.1, -0.05) is 6.92 Å². The summed E-state index contributed by atoms with van der Waals surface area (Å²) < 4.78 is 278. The molecule has 25 heteroatoms. The van der Waals surface area contributed by atoms with Crippen molar-refractivity contribution in [2.24, 2.45) is 0 Å². The highest BCUT2D eigenvalue weighted by atomic mass is 19.4. The number of nitrogens with zero attached hydrogens (tertiary/aromatic N) is 3. The number of ether oxygens (including phenoxy) is 1. The summed E-state index contributed by atoms with van der Waals surface area (Å²) in [5.74, 6) is -3.68. The van der Waals surface area contributed by atoms with Gasteiger partial charge in [0.2, 0.25) is 0 Å². The molecule has 2 aromatic rings. The Bertz CT molecular complexity index is 1440. The fraction of sp³-hybridized carbons (Fsp3) is 0.560.